The van der Waals surface area contributed by atoms with Gasteiger partial charge in [-0.1, -0.05) is 39.7 Å². The van der Waals surface area contributed by atoms with Crippen molar-refractivity contribution in [2.24, 2.45) is 0 Å². The number of rotatable bonds is 3. The SMILES string of the molecule is O=C(Cc1ccc(Br)cc1)c1ccc(Cl)c(F)c1. The third-order valence-corrected chi connectivity index (χ3v) is 3.35. The molecule has 0 N–H and O–H groups in total. The highest BCUT2D eigenvalue weighted by Crippen LogP contribution is 2.17. The Morgan fingerprint density at radius 1 is 1.17 bits per heavy atom. The third-order valence-electron chi connectivity index (χ3n) is 2.52. The maximum atomic E-state index is 13.2. The average molecular weight is 328 g/mol. The van der Waals surface area contributed by atoms with Gasteiger partial charge in [0.2, 0.25) is 0 Å². The van der Waals surface area contributed by atoms with E-state index in [1.807, 2.05) is 24.3 Å². The first-order valence-corrected chi connectivity index (χ1v) is 6.46. The molecule has 0 aromatic heterocycles. The number of benzene rings is 2. The topological polar surface area (TPSA) is 17.1 Å². The van der Waals surface area contributed by atoms with Crippen LogP contribution in [-0.4, -0.2) is 5.78 Å². The first-order chi connectivity index (χ1) is 8.56. The van der Waals surface area contributed by atoms with Crippen molar-refractivity contribution in [1.82, 2.24) is 0 Å². The Balaban J connectivity index is 2.16. The minimum Gasteiger partial charge on any atom is -0.294 e. The molecule has 0 radical (unpaired) electrons. The van der Waals surface area contributed by atoms with Gasteiger partial charge in [-0.25, -0.2) is 4.39 Å². The summed E-state index contributed by atoms with van der Waals surface area (Å²) >= 11 is 8.90. The lowest BCUT2D eigenvalue weighted by Gasteiger charge is -2.03. The number of halogens is 3. The molecule has 18 heavy (non-hydrogen) atoms. The van der Waals surface area contributed by atoms with Gasteiger partial charge in [-0.15, -0.1) is 0 Å². The van der Waals surface area contributed by atoms with Crippen LogP contribution in [0.15, 0.2) is 46.9 Å². The fourth-order valence-electron chi connectivity index (χ4n) is 1.56. The van der Waals surface area contributed by atoms with Crippen LogP contribution in [0.4, 0.5) is 4.39 Å². The second-order valence-corrected chi connectivity index (χ2v) is 5.18. The molecule has 4 heteroatoms. The summed E-state index contributed by atoms with van der Waals surface area (Å²) in [6.07, 6.45) is 0.244. The molecule has 0 amide bonds. The predicted octanol–water partition coefficient (Wildman–Crippen LogP) is 4.67. The van der Waals surface area contributed by atoms with Gasteiger partial charge in [0.15, 0.2) is 5.78 Å². The molecule has 2 aromatic rings. The van der Waals surface area contributed by atoms with Crippen molar-refractivity contribution in [3.8, 4) is 0 Å². The zero-order valence-electron chi connectivity index (χ0n) is 9.29. The lowest BCUT2D eigenvalue weighted by atomic mass is 10.0. The van der Waals surface area contributed by atoms with E-state index < -0.39 is 5.82 Å². The van der Waals surface area contributed by atoms with Crippen LogP contribution in [-0.2, 0) is 6.42 Å². The lowest BCUT2D eigenvalue weighted by molar-refractivity contribution is 0.0992. The van der Waals surface area contributed by atoms with Gasteiger partial charge in [0.1, 0.15) is 5.82 Å². The van der Waals surface area contributed by atoms with E-state index in [9.17, 15) is 9.18 Å². The highest BCUT2D eigenvalue weighted by molar-refractivity contribution is 9.10. The average Bonchev–Trinajstić information content (AvgIpc) is 2.35. The number of hydrogen-bond acceptors (Lipinski definition) is 1. The Labute approximate surface area is 118 Å². The maximum Gasteiger partial charge on any atom is 0.167 e. The Morgan fingerprint density at radius 3 is 2.44 bits per heavy atom. The molecule has 0 saturated heterocycles. The first-order valence-electron chi connectivity index (χ1n) is 5.29. The Morgan fingerprint density at radius 2 is 1.83 bits per heavy atom. The number of ketones is 1. The molecule has 0 bridgehead atoms. The quantitative estimate of drug-likeness (QED) is 0.749. The van der Waals surface area contributed by atoms with E-state index in [2.05, 4.69) is 15.9 Å². The summed E-state index contributed by atoms with van der Waals surface area (Å²) < 4.78 is 14.2. The molecule has 0 unspecified atom stereocenters. The third kappa shape index (κ3) is 3.18. The van der Waals surface area contributed by atoms with Crippen LogP contribution < -0.4 is 0 Å². The molecule has 0 aliphatic carbocycles. The second kappa shape index (κ2) is 5.63. The van der Waals surface area contributed by atoms with Gasteiger partial charge in [-0.3, -0.25) is 4.79 Å². The Bertz CT molecular complexity index is 581. The zero-order valence-corrected chi connectivity index (χ0v) is 11.6. The normalized spacial score (nSPS) is 10.4. The van der Waals surface area contributed by atoms with Crippen molar-refractivity contribution in [2.45, 2.75) is 6.42 Å². The number of carbonyl (C=O) groups excluding carboxylic acids is 1. The molecule has 0 atom stereocenters. The van der Waals surface area contributed by atoms with Crippen molar-refractivity contribution >= 4 is 33.3 Å². The van der Waals surface area contributed by atoms with Gasteiger partial charge in [0.05, 0.1) is 5.02 Å². The van der Waals surface area contributed by atoms with Gasteiger partial charge in [-0.2, -0.15) is 0 Å². The van der Waals surface area contributed by atoms with E-state index in [4.69, 9.17) is 11.6 Å². The van der Waals surface area contributed by atoms with E-state index in [0.29, 0.717) is 5.56 Å². The van der Waals surface area contributed by atoms with E-state index >= 15 is 0 Å². The van der Waals surface area contributed by atoms with E-state index in [0.717, 1.165) is 10.0 Å². The number of Topliss-reactive ketones (excluding diaryl/α,β-unsaturated/α-hetero) is 1. The fraction of sp³-hybridized carbons (Fsp3) is 0.0714. The van der Waals surface area contributed by atoms with Crippen LogP contribution in [0.5, 0.6) is 0 Å². The molecule has 92 valence electrons. The molecule has 0 aliphatic rings. The van der Waals surface area contributed by atoms with Gasteiger partial charge >= 0.3 is 0 Å². The van der Waals surface area contributed by atoms with Crippen molar-refractivity contribution in [2.75, 3.05) is 0 Å². The highest BCUT2D eigenvalue weighted by Gasteiger charge is 2.09. The molecule has 0 aliphatic heterocycles. The summed E-state index contributed by atoms with van der Waals surface area (Å²) in [5.41, 5.74) is 1.22. The van der Waals surface area contributed by atoms with E-state index in [1.165, 1.54) is 18.2 Å². The Hall–Kier alpha value is -1.19. The van der Waals surface area contributed by atoms with Crippen LogP contribution in [0.1, 0.15) is 15.9 Å². The molecule has 0 heterocycles. The molecule has 2 rings (SSSR count). The molecular weight excluding hydrogens is 319 g/mol. The van der Waals surface area contributed by atoms with Crippen LogP contribution >= 0.6 is 27.5 Å². The van der Waals surface area contributed by atoms with Gasteiger partial charge in [0, 0.05) is 16.5 Å². The summed E-state index contributed by atoms with van der Waals surface area (Å²) in [7, 11) is 0. The fourth-order valence-corrected chi connectivity index (χ4v) is 1.94. The van der Waals surface area contributed by atoms with Gasteiger partial charge in [-0.05, 0) is 35.9 Å². The largest absolute Gasteiger partial charge is 0.294 e. The van der Waals surface area contributed by atoms with E-state index in [1.54, 1.807) is 0 Å². The summed E-state index contributed by atoms with van der Waals surface area (Å²) in [5, 5.41) is 0.0233. The molecule has 2 aromatic carbocycles. The molecule has 0 spiro atoms. The minimum atomic E-state index is -0.571. The lowest BCUT2D eigenvalue weighted by Crippen LogP contribution is -2.03. The number of hydrogen-bond donors (Lipinski definition) is 0. The van der Waals surface area contributed by atoms with Gasteiger partial charge in [0.25, 0.3) is 0 Å². The molecule has 0 fully saturated rings. The minimum absolute atomic E-state index is 0.0233. The first kappa shape index (κ1) is 13.2. The maximum absolute atomic E-state index is 13.2. The molecular formula is C14H9BrClFO. The summed E-state index contributed by atoms with van der Waals surface area (Å²) in [6, 6.07) is 11.5. The van der Waals surface area contributed by atoms with Crippen LogP contribution in [0.2, 0.25) is 5.02 Å². The summed E-state index contributed by atoms with van der Waals surface area (Å²) in [4.78, 5) is 11.9. The van der Waals surface area contributed by atoms with Crippen molar-refractivity contribution in [1.29, 1.82) is 0 Å². The van der Waals surface area contributed by atoms with Crippen LogP contribution in [0, 0.1) is 5.82 Å². The molecule has 0 saturated carbocycles. The number of carbonyl (C=O) groups is 1. The van der Waals surface area contributed by atoms with Crippen molar-refractivity contribution < 1.29 is 9.18 Å². The van der Waals surface area contributed by atoms with Crippen LogP contribution in [0.25, 0.3) is 0 Å². The van der Waals surface area contributed by atoms with E-state index in [-0.39, 0.29) is 17.2 Å². The molecule has 1 nitrogen and oxygen atoms in total. The standard InChI is InChI=1S/C14H9BrClFO/c15-11-4-1-9(2-5-11)7-14(18)10-3-6-12(16)13(17)8-10/h1-6,8H,7H2. The summed E-state index contributed by atoms with van der Waals surface area (Å²) in [6.45, 7) is 0. The van der Waals surface area contributed by atoms with Crippen molar-refractivity contribution in [3.05, 3.63) is 68.9 Å². The Kier molecular flexibility index (Phi) is 4.15. The summed E-state index contributed by atoms with van der Waals surface area (Å²) in [5.74, 6) is -0.703. The zero-order chi connectivity index (χ0) is 13.1. The highest BCUT2D eigenvalue weighted by atomic mass is 79.9. The van der Waals surface area contributed by atoms with Gasteiger partial charge < -0.3 is 0 Å². The predicted molar refractivity (Wildman–Crippen MR) is 73.6 cm³/mol. The smallest absolute Gasteiger partial charge is 0.167 e. The second-order valence-electron chi connectivity index (χ2n) is 3.86. The van der Waals surface area contributed by atoms with Crippen LogP contribution in [0.3, 0.4) is 0 Å². The monoisotopic (exact) mass is 326 g/mol. The van der Waals surface area contributed by atoms with Crippen molar-refractivity contribution in [3.63, 3.8) is 0 Å².